The molecule has 0 saturated heterocycles. The van der Waals surface area contributed by atoms with Crippen molar-refractivity contribution in [3.63, 3.8) is 0 Å². The fourth-order valence-electron chi connectivity index (χ4n) is 3.12. The van der Waals surface area contributed by atoms with Gasteiger partial charge >= 0.3 is 0 Å². The second kappa shape index (κ2) is 6.04. The molecule has 0 amide bonds. The Kier molecular flexibility index (Phi) is 4.13. The van der Waals surface area contributed by atoms with Gasteiger partial charge in [-0.2, -0.15) is 11.3 Å². The first-order chi connectivity index (χ1) is 10.3. The van der Waals surface area contributed by atoms with Crippen molar-refractivity contribution in [3.8, 4) is 0 Å². The number of H-pyrrole nitrogens is 1. The van der Waals surface area contributed by atoms with E-state index in [4.69, 9.17) is 0 Å². The summed E-state index contributed by atoms with van der Waals surface area (Å²) in [5.41, 5.74) is 5.45. The summed E-state index contributed by atoms with van der Waals surface area (Å²) < 4.78 is 0. The molecule has 0 saturated carbocycles. The van der Waals surface area contributed by atoms with Gasteiger partial charge in [0.25, 0.3) is 0 Å². The second-order valence-electron chi connectivity index (χ2n) is 5.32. The molecule has 0 spiro atoms. The Labute approximate surface area is 130 Å². The van der Waals surface area contributed by atoms with Crippen molar-refractivity contribution in [1.82, 2.24) is 10.3 Å². The maximum absolute atomic E-state index is 3.71. The first-order valence-electron chi connectivity index (χ1n) is 7.70. The average molecular weight is 298 g/mol. The van der Waals surface area contributed by atoms with Crippen LogP contribution in [0.1, 0.15) is 43.6 Å². The van der Waals surface area contributed by atoms with E-state index in [0.29, 0.717) is 12.1 Å². The molecule has 1 aromatic carbocycles. The molecule has 3 heteroatoms. The Morgan fingerprint density at radius 2 is 1.95 bits per heavy atom. The Morgan fingerprint density at radius 3 is 2.71 bits per heavy atom. The van der Waals surface area contributed by atoms with E-state index in [9.17, 15) is 0 Å². The van der Waals surface area contributed by atoms with Crippen LogP contribution in [0.15, 0.2) is 41.1 Å². The van der Waals surface area contributed by atoms with Gasteiger partial charge in [0.15, 0.2) is 0 Å². The van der Waals surface area contributed by atoms with Gasteiger partial charge in [-0.05, 0) is 47.4 Å². The van der Waals surface area contributed by atoms with Crippen LogP contribution < -0.4 is 5.32 Å². The van der Waals surface area contributed by atoms with Crippen LogP contribution in [0.4, 0.5) is 0 Å². The summed E-state index contributed by atoms with van der Waals surface area (Å²) in [5.74, 6) is 0. The molecule has 3 heterocycles. The number of benzene rings is 1. The fourth-order valence-corrected chi connectivity index (χ4v) is 3.81. The minimum absolute atomic E-state index is 0.303. The highest BCUT2D eigenvalue weighted by atomic mass is 32.1. The van der Waals surface area contributed by atoms with Gasteiger partial charge < -0.3 is 10.3 Å². The summed E-state index contributed by atoms with van der Waals surface area (Å²) in [6.45, 7) is 6.27. The summed E-state index contributed by atoms with van der Waals surface area (Å²) >= 11 is 1.76. The Balaban J connectivity index is 0.000000636. The third kappa shape index (κ3) is 2.52. The number of aromatic nitrogens is 1. The molecule has 0 fully saturated rings. The predicted octanol–water partition coefficient (Wildman–Crippen LogP) is 4.88. The van der Waals surface area contributed by atoms with E-state index >= 15 is 0 Å². The zero-order valence-electron chi connectivity index (χ0n) is 12.8. The lowest BCUT2D eigenvalue weighted by molar-refractivity contribution is 0.461. The number of hydrogen-bond donors (Lipinski definition) is 2. The monoisotopic (exact) mass is 298 g/mol. The minimum Gasteiger partial charge on any atom is -0.357 e. The third-order valence-corrected chi connectivity index (χ3v) is 4.67. The topological polar surface area (TPSA) is 27.8 Å². The van der Waals surface area contributed by atoms with E-state index in [-0.39, 0.29) is 0 Å². The molecule has 0 aliphatic carbocycles. The zero-order chi connectivity index (χ0) is 14.8. The number of nitrogens with one attached hydrogen (secondary N) is 2. The van der Waals surface area contributed by atoms with Crippen LogP contribution in [-0.2, 0) is 6.42 Å². The SMILES string of the molecule is CC.CC1Cc2c([nH]c3ccccc23)C(c2ccsc2)N1. The van der Waals surface area contributed by atoms with Crippen LogP contribution in [-0.4, -0.2) is 11.0 Å². The molecule has 1 aliphatic heterocycles. The molecule has 21 heavy (non-hydrogen) atoms. The number of aromatic amines is 1. The third-order valence-electron chi connectivity index (χ3n) is 3.97. The number of para-hydroxylation sites is 1. The smallest absolute Gasteiger partial charge is 0.0742 e. The van der Waals surface area contributed by atoms with E-state index in [2.05, 4.69) is 58.3 Å². The molecule has 3 aromatic rings. The number of rotatable bonds is 1. The Morgan fingerprint density at radius 1 is 1.14 bits per heavy atom. The van der Waals surface area contributed by atoms with Crippen molar-refractivity contribution in [1.29, 1.82) is 0 Å². The molecular formula is C18H22N2S. The molecule has 1 aliphatic rings. The molecule has 2 aromatic heterocycles. The molecule has 4 rings (SSSR count). The van der Waals surface area contributed by atoms with Crippen molar-refractivity contribution in [3.05, 3.63) is 57.9 Å². The van der Waals surface area contributed by atoms with Gasteiger partial charge in [0.1, 0.15) is 0 Å². The maximum atomic E-state index is 3.71. The molecule has 2 nitrogen and oxygen atoms in total. The van der Waals surface area contributed by atoms with E-state index in [0.717, 1.165) is 6.42 Å². The van der Waals surface area contributed by atoms with Gasteiger partial charge in [0.2, 0.25) is 0 Å². The largest absolute Gasteiger partial charge is 0.357 e. The van der Waals surface area contributed by atoms with Crippen molar-refractivity contribution >= 4 is 22.2 Å². The van der Waals surface area contributed by atoms with Gasteiger partial charge in [0.05, 0.1) is 6.04 Å². The van der Waals surface area contributed by atoms with Crippen LogP contribution in [0.3, 0.4) is 0 Å². The molecule has 110 valence electrons. The lowest BCUT2D eigenvalue weighted by Gasteiger charge is -2.29. The van der Waals surface area contributed by atoms with Crippen molar-refractivity contribution in [2.45, 2.75) is 39.3 Å². The molecule has 0 radical (unpaired) electrons. The fraction of sp³-hybridized carbons (Fsp3) is 0.333. The number of thiophene rings is 1. The molecule has 2 atom stereocenters. The van der Waals surface area contributed by atoms with Gasteiger partial charge in [0, 0.05) is 22.6 Å². The van der Waals surface area contributed by atoms with E-state index in [1.165, 1.54) is 27.7 Å². The van der Waals surface area contributed by atoms with Crippen LogP contribution >= 0.6 is 11.3 Å². The van der Waals surface area contributed by atoms with Gasteiger partial charge in [-0.1, -0.05) is 32.0 Å². The standard InChI is InChI=1S/C16H16N2S.C2H6/c1-10-8-13-12-4-2-3-5-14(12)18-16(13)15(17-10)11-6-7-19-9-11;1-2/h2-7,9-10,15,17-18H,8H2,1H3;1-2H3. The van der Waals surface area contributed by atoms with Crippen LogP contribution in [0.2, 0.25) is 0 Å². The number of hydrogen-bond acceptors (Lipinski definition) is 2. The highest BCUT2D eigenvalue weighted by Gasteiger charge is 2.28. The van der Waals surface area contributed by atoms with Crippen LogP contribution in [0.25, 0.3) is 10.9 Å². The zero-order valence-corrected chi connectivity index (χ0v) is 13.6. The summed E-state index contributed by atoms with van der Waals surface area (Å²) in [6, 6.07) is 11.7. The second-order valence-corrected chi connectivity index (χ2v) is 6.10. The van der Waals surface area contributed by atoms with E-state index in [1.54, 1.807) is 11.3 Å². The number of fused-ring (bicyclic) bond motifs is 3. The Hall–Kier alpha value is -1.58. The molecule has 0 bridgehead atoms. The predicted molar refractivity (Wildman–Crippen MR) is 92.1 cm³/mol. The first-order valence-corrected chi connectivity index (χ1v) is 8.65. The highest BCUT2D eigenvalue weighted by Crippen LogP contribution is 2.35. The van der Waals surface area contributed by atoms with Crippen LogP contribution in [0.5, 0.6) is 0 Å². The van der Waals surface area contributed by atoms with Gasteiger partial charge in [-0.15, -0.1) is 0 Å². The quantitative estimate of drug-likeness (QED) is 0.658. The molecule has 2 unspecified atom stereocenters. The van der Waals surface area contributed by atoms with Crippen molar-refractivity contribution in [2.75, 3.05) is 0 Å². The molecule has 2 N–H and O–H groups in total. The summed E-state index contributed by atoms with van der Waals surface area (Å²) in [5, 5.41) is 9.48. The van der Waals surface area contributed by atoms with E-state index in [1.807, 2.05) is 13.8 Å². The minimum atomic E-state index is 0.303. The first kappa shape index (κ1) is 14.4. The van der Waals surface area contributed by atoms with E-state index < -0.39 is 0 Å². The maximum Gasteiger partial charge on any atom is 0.0742 e. The van der Waals surface area contributed by atoms with Crippen molar-refractivity contribution in [2.24, 2.45) is 0 Å². The molecular weight excluding hydrogens is 276 g/mol. The summed E-state index contributed by atoms with van der Waals surface area (Å²) in [4.78, 5) is 3.62. The average Bonchev–Trinajstić information content (AvgIpc) is 3.16. The summed E-state index contributed by atoms with van der Waals surface area (Å²) in [7, 11) is 0. The summed E-state index contributed by atoms with van der Waals surface area (Å²) in [6.07, 6.45) is 1.10. The van der Waals surface area contributed by atoms with Gasteiger partial charge in [-0.25, -0.2) is 0 Å². The Bertz CT molecular complexity index is 712. The van der Waals surface area contributed by atoms with Crippen molar-refractivity contribution < 1.29 is 0 Å². The van der Waals surface area contributed by atoms with Crippen LogP contribution in [0, 0.1) is 0 Å². The highest BCUT2D eigenvalue weighted by molar-refractivity contribution is 7.08. The lowest BCUT2D eigenvalue weighted by Crippen LogP contribution is -2.37. The lowest BCUT2D eigenvalue weighted by atomic mass is 9.92. The normalized spacial score (nSPS) is 20.7. The van der Waals surface area contributed by atoms with Gasteiger partial charge in [-0.3, -0.25) is 0 Å².